The molecule has 0 aromatic heterocycles. The Morgan fingerprint density at radius 3 is 2.77 bits per heavy atom. The van der Waals surface area contributed by atoms with Crippen LogP contribution in [0.3, 0.4) is 0 Å². The average Bonchev–Trinajstić information content (AvgIpc) is 2.17. The van der Waals surface area contributed by atoms with Gasteiger partial charge in [0.2, 0.25) is 0 Å². The second-order valence-electron chi connectivity index (χ2n) is 2.60. The molecule has 1 aromatic rings. The number of aryl methyl sites for hydroxylation is 1. The van der Waals surface area contributed by atoms with Crippen molar-refractivity contribution in [1.29, 1.82) is 0 Å². The molecule has 0 saturated heterocycles. The molecule has 13 heavy (non-hydrogen) atoms. The second-order valence-corrected chi connectivity index (χ2v) is 2.60. The van der Waals surface area contributed by atoms with Crippen molar-refractivity contribution >= 4 is 11.7 Å². The summed E-state index contributed by atoms with van der Waals surface area (Å²) in [4.78, 5) is 14.4. The molecule has 0 unspecified atom stereocenters. The van der Waals surface area contributed by atoms with Crippen LogP contribution in [-0.2, 0) is 4.74 Å². The van der Waals surface area contributed by atoms with E-state index in [1.54, 1.807) is 19.1 Å². The van der Waals surface area contributed by atoms with Gasteiger partial charge in [-0.1, -0.05) is 12.1 Å². The first-order valence-electron chi connectivity index (χ1n) is 3.75. The molecule has 0 radical (unpaired) electrons. The van der Waals surface area contributed by atoms with Crippen LogP contribution in [0.1, 0.15) is 15.9 Å². The monoisotopic (exact) mass is 175 g/mol. The van der Waals surface area contributed by atoms with Crippen molar-refractivity contribution in [3.05, 3.63) is 40.7 Å². The highest BCUT2D eigenvalue weighted by Crippen LogP contribution is 2.18. The summed E-state index contributed by atoms with van der Waals surface area (Å²) in [5.74, 6) is -0.400. The van der Waals surface area contributed by atoms with Crippen LogP contribution in [0.15, 0.2) is 18.2 Å². The molecule has 3 heteroatoms. The van der Waals surface area contributed by atoms with E-state index in [1.165, 1.54) is 13.2 Å². The van der Waals surface area contributed by atoms with Gasteiger partial charge in [0.25, 0.3) is 0 Å². The van der Waals surface area contributed by atoms with E-state index in [-0.39, 0.29) is 0 Å². The van der Waals surface area contributed by atoms with Gasteiger partial charge >= 0.3 is 5.97 Å². The highest BCUT2D eigenvalue weighted by molar-refractivity contribution is 5.92. The number of ether oxygens (including phenoxy) is 1. The van der Waals surface area contributed by atoms with Gasteiger partial charge in [-0.25, -0.2) is 9.64 Å². The normalized spacial score (nSPS) is 9.00. The van der Waals surface area contributed by atoms with Crippen molar-refractivity contribution in [2.75, 3.05) is 7.11 Å². The highest BCUT2D eigenvalue weighted by atomic mass is 16.5. The first-order chi connectivity index (χ1) is 6.19. The maximum Gasteiger partial charge on any atom is 0.336 e. The number of nitrogens with zero attached hydrogens (tertiary/aromatic N) is 1. The fourth-order valence-corrected chi connectivity index (χ4v) is 1.01. The molecule has 0 saturated carbocycles. The van der Waals surface area contributed by atoms with Crippen LogP contribution >= 0.6 is 0 Å². The van der Waals surface area contributed by atoms with Gasteiger partial charge in [0.05, 0.1) is 19.2 Å². The quantitative estimate of drug-likeness (QED) is 0.484. The number of methoxy groups -OCH3 is 1. The van der Waals surface area contributed by atoms with Gasteiger partial charge in [-0.2, -0.15) is 0 Å². The Kier molecular flexibility index (Phi) is 2.65. The maximum absolute atomic E-state index is 11.2. The molecule has 0 heterocycles. The lowest BCUT2D eigenvalue weighted by molar-refractivity contribution is 0.0600. The van der Waals surface area contributed by atoms with Crippen LogP contribution in [0, 0.1) is 13.5 Å². The number of hydrogen-bond acceptors (Lipinski definition) is 2. The molecule has 0 N–H and O–H groups in total. The molecule has 1 rings (SSSR count). The van der Waals surface area contributed by atoms with E-state index in [9.17, 15) is 4.79 Å². The van der Waals surface area contributed by atoms with Crippen LogP contribution in [0.25, 0.3) is 4.85 Å². The van der Waals surface area contributed by atoms with E-state index in [1.807, 2.05) is 0 Å². The molecule has 1 aromatic carbocycles. The molecule has 66 valence electrons. The van der Waals surface area contributed by atoms with Gasteiger partial charge in [-0.3, -0.25) is 0 Å². The minimum absolute atomic E-state index is 0.400. The van der Waals surface area contributed by atoms with E-state index < -0.39 is 5.97 Å². The number of benzene rings is 1. The van der Waals surface area contributed by atoms with Crippen molar-refractivity contribution in [2.45, 2.75) is 6.92 Å². The van der Waals surface area contributed by atoms with Crippen molar-refractivity contribution in [2.24, 2.45) is 0 Å². The number of esters is 1. The summed E-state index contributed by atoms with van der Waals surface area (Å²) >= 11 is 0. The van der Waals surface area contributed by atoms with E-state index >= 15 is 0 Å². The summed E-state index contributed by atoms with van der Waals surface area (Å²) in [6.07, 6.45) is 0. The minimum Gasteiger partial charge on any atom is -0.465 e. The largest absolute Gasteiger partial charge is 0.465 e. The average molecular weight is 175 g/mol. The predicted molar refractivity (Wildman–Crippen MR) is 48.8 cm³/mol. The zero-order valence-corrected chi connectivity index (χ0v) is 7.50. The Morgan fingerprint density at radius 2 is 2.23 bits per heavy atom. The molecule has 0 aliphatic rings. The Hall–Kier alpha value is -1.82. The third-order valence-electron chi connectivity index (χ3n) is 1.76. The van der Waals surface area contributed by atoms with Gasteiger partial charge in [0.15, 0.2) is 5.69 Å². The summed E-state index contributed by atoms with van der Waals surface area (Å²) in [5, 5.41) is 0. The van der Waals surface area contributed by atoms with Crippen molar-refractivity contribution in [3.63, 3.8) is 0 Å². The molecule has 0 amide bonds. The van der Waals surface area contributed by atoms with Gasteiger partial charge in [-0.05, 0) is 18.6 Å². The lowest BCUT2D eigenvalue weighted by atomic mass is 10.1. The lowest BCUT2D eigenvalue weighted by Gasteiger charge is -2.03. The zero-order chi connectivity index (χ0) is 9.84. The molecule has 0 fully saturated rings. The number of carbonyl (C=O) groups is 1. The fourth-order valence-electron chi connectivity index (χ4n) is 1.01. The minimum atomic E-state index is -0.400. The van der Waals surface area contributed by atoms with E-state index in [4.69, 9.17) is 6.57 Å². The summed E-state index contributed by atoms with van der Waals surface area (Å²) in [6, 6.07) is 4.95. The second kappa shape index (κ2) is 3.72. The Bertz CT molecular complexity index is 377. The molecule has 0 aliphatic carbocycles. The topological polar surface area (TPSA) is 30.7 Å². The van der Waals surface area contributed by atoms with Crippen LogP contribution in [0.2, 0.25) is 0 Å². The Morgan fingerprint density at radius 1 is 1.54 bits per heavy atom. The standard InChI is InChI=1S/C10H9NO2/c1-7-4-5-8(11-2)6-9(7)10(12)13-3/h4-6H,1,3H3. The third kappa shape index (κ3) is 1.85. The SMILES string of the molecule is [C-]#[N+]c1ccc(C)c(C(=O)OC)c1. The van der Waals surface area contributed by atoms with Crippen molar-refractivity contribution in [3.8, 4) is 0 Å². The van der Waals surface area contributed by atoms with Gasteiger partial charge in [0.1, 0.15) is 0 Å². The first kappa shape index (κ1) is 9.27. The van der Waals surface area contributed by atoms with Crippen molar-refractivity contribution < 1.29 is 9.53 Å². The number of hydrogen-bond donors (Lipinski definition) is 0. The molecule has 0 bridgehead atoms. The Labute approximate surface area is 76.8 Å². The van der Waals surface area contributed by atoms with E-state index in [0.29, 0.717) is 11.3 Å². The van der Waals surface area contributed by atoms with Gasteiger partial charge < -0.3 is 4.74 Å². The summed E-state index contributed by atoms with van der Waals surface area (Å²) < 4.78 is 4.57. The van der Waals surface area contributed by atoms with Gasteiger partial charge in [0, 0.05) is 0 Å². The molecular weight excluding hydrogens is 166 g/mol. The number of rotatable bonds is 1. The van der Waals surface area contributed by atoms with Crippen molar-refractivity contribution in [1.82, 2.24) is 0 Å². The fraction of sp³-hybridized carbons (Fsp3) is 0.200. The van der Waals surface area contributed by atoms with Crippen LogP contribution in [0.5, 0.6) is 0 Å². The van der Waals surface area contributed by atoms with Crippen LogP contribution < -0.4 is 0 Å². The highest BCUT2D eigenvalue weighted by Gasteiger charge is 2.08. The lowest BCUT2D eigenvalue weighted by Crippen LogP contribution is -2.02. The maximum atomic E-state index is 11.2. The summed E-state index contributed by atoms with van der Waals surface area (Å²) in [7, 11) is 1.33. The smallest absolute Gasteiger partial charge is 0.336 e. The zero-order valence-electron chi connectivity index (χ0n) is 7.50. The summed E-state index contributed by atoms with van der Waals surface area (Å²) in [5.41, 5.74) is 1.72. The first-order valence-corrected chi connectivity index (χ1v) is 3.75. The third-order valence-corrected chi connectivity index (χ3v) is 1.76. The van der Waals surface area contributed by atoms with E-state index in [2.05, 4.69) is 9.58 Å². The molecule has 0 aliphatic heterocycles. The predicted octanol–water partition coefficient (Wildman–Crippen LogP) is 2.33. The number of carbonyl (C=O) groups excluding carboxylic acids is 1. The molecule has 0 spiro atoms. The molecule has 3 nitrogen and oxygen atoms in total. The molecule has 0 atom stereocenters. The Balaban J connectivity index is 3.20. The van der Waals surface area contributed by atoms with E-state index in [0.717, 1.165) is 5.56 Å². The summed E-state index contributed by atoms with van der Waals surface area (Å²) in [6.45, 7) is 8.59. The van der Waals surface area contributed by atoms with Crippen LogP contribution in [-0.4, -0.2) is 13.1 Å². The van der Waals surface area contributed by atoms with Crippen LogP contribution in [0.4, 0.5) is 5.69 Å². The van der Waals surface area contributed by atoms with Gasteiger partial charge in [-0.15, -0.1) is 0 Å². The molecular formula is C10H9NO2.